The largest absolute Gasteiger partial charge is 0.444 e. The van der Waals surface area contributed by atoms with Gasteiger partial charge < -0.3 is 9.64 Å². The van der Waals surface area contributed by atoms with Gasteiger partial charge in [0.2, 0.25) is 0 Å². The fourth-order valence-corrected chi connectivity index (χ4v) is 5.71. The predicted molar refractivity (Wildman–Crippen MR) is 177 cm³/mol. The van der Waals surface area contributed by atoms with E-state index in [2.05, 4.69) is 10.9 Å². The van der Waals surface area contributed by atoms with Crippen molar-refractivity contribution >= 4 is 75.7 Å². The minimum Gasteiger partial charge on any atom is -0.444 e. The van der Waals surface area contributed by atoms with Gasteiger partial charge in [0.05, 0.1) is 33.7 Å². The van der Waals surface area contributed by atoms with Crippen LogP contribution in [0.25, 0.3) is 17.3 Å². The Morgan fingerprint density at radius 3 is 2.27 bits per heavy atom. The standard InChI is InChI=1S/C32H28Cl4FN5O3/c1-32(2,3)45-31(44)41-13-12-23-28(30(43)39-38-26-10-6-20(33)15-24(26)35)40-42(27-11-7-21(34)16-25(27)36)29(23)19(17-41)14-18-4-8-22(37)9-5-18/h4-11,14-16,38H,12-13,17H2,1-3H3,(H,39,43). The third-order valence-electron chi connectivity index (χ3n) is 6.74. The maximum atomic E-state index is 13.8. The minimum atomic E-state index is -0.732. The molecule has 234 valence electrons. The normalized spacial score (nSPS) is 14.1. The van der Waals surface area contributed by atoms with Gasteiger partial charge in [-0.15, -0.1) is 0 Å². The van der Waals surface area contributed by atoms with Crippen LogP contribution in [0.15, 0.2) is 60.7 Å². The SMILES string of the molecule is CC(C)(C)OC(=O)N1CCc2c(C(=O)NNc3ccc(Cl)cc3Cl)nn(-c3ccc(Cl)cc3Cl)c2C(=Cc2ccc(F)cc2)C1. The molecule has 0 saturated carbocycles. The highest BCUT2D eigenvalue weighted by molar-refractivity contribution is 6.36. The number of nitrogens with zero attached hydrogens (tertiary/aromatic N) is 3. The van der Waals surface area contributed by atoms with E-state index in [0.29, 0.717) is 53.9 Å². The summed E-state index contributed by atoms with van der Waals surface area (Å²) in [7, 11) is 0. The smallest absolute Gasteiger partial charge is 0.410 e. The van der Waals surface area contributed by atoms with Gasteiger partial charge in [-0.05, 0) is 92.9 Å². The van der Waals surface area contributed by atoms with Crippen molar-refractivity contribution in [1.82, 2.24) is 20.1 Å². The molecule has 2 amide bonds. The molecule has 3 aromatic carbocycles. The second kappa shape index (κ2) is 13.3. The van der Waals surface area contributed by atoms with Crippen molar-refractivity contribution < 1.29 is 18.7 Å². The number of aromatic nitrogens is 2. The van der Waals surface area contributed by atoms with Crippen molar-refractivity contribution in [3.8, 4) is 5.69 Å². The van der Waals surface area contributed by atoms with Gasteiger partial charge in [-0.25, -0.2) is 13.9 Å². The zero-order valence-corrected chi connectivity index (χ0v) is 27.5. The summed E-state index contributed by atoms with van der Waals surface area (Å²) < 4.78 is 21.1. The Balaban J connectivity index is 1.65. The summed E-state index contributed by atoms with van der Waals surface area (Å²) in [6.45, 7) is 5.69. The number of fused-ring (bicyclic) bond motifs is 1. The molecule has 0 radical (unpaired) electrons. The van der Waals surface area contributed by atoms with Gasteiger partial charge in [0.1, 0.15) is 11.4 Å². The van der Waals surface area contributed by atoms with E-state index >= 15 is 0 Å². The summed E-state index contributed by atoms with van der Waals surface area (Å²) in [6.07, 6.45) is 1.55. The highest BCUT2D eigenvalue weighted by Gasteiger charge is 2.33. The predicted octanol–water partition coefficient (Wildman–Crippen LogP) is 8.72. The number of nitrogens with one attached hydrogen (secondary N) is 2. The number of anilines is 1. The Hall–Kier alpha value is -3.76. The van der Waals surface area contributed by atoms with E-state index in [9.17, 15) is 14.0 Å². The van der Waals surface area contributed by atoms with Crippen molar-refractivity contribution in [2.45, 2.75) is 32.8 Å². The molecule has 0 fully saturated rings. The lowest BCUT2D eigenvalue weighted by Gasteiger charge is -2.27. The maximum Gasteiger partial charge on any atom is 0.410 e. The van der Waals surface area contributed by atoms with Crippen LogP contribution < -0.4 is 10.9 Å². The molecule has 1 aliphatic rings. The zero-order valence-electron chi connectivity index (χ0n) is 24.4. The fourth-order valence-electron chi connectivity index (χ4n) is 4.76. The monoisotopic (exact) mass is 689 g/mol. The van der Waals surface area contributed by atoms with Crippen molar-refractivity contribution in [2.75, 3.05) is 18.5 Å². The number of carbonyl (C=O) groups is 2. The molecule has 0 spiro atoms. The van der Waals surface area contributed by atoms with E-state index in [-0.39, 0.29) is 31.0 Å². The third-order valence-corrected chi connectivity index (χ3v) is 7.82. The molecule has 0 unspecified atom stereocenters. The molecular weight excluding hydrogens is 663 g/mol. The summed E-state index contributed by atoms with van der Waals surface area (Å²) in [5.74, 6) is -0.952. The third kappa shape index (κ3) is 7.73. The average Bonchev–Trinajstić information content (AvgIpc) is 3.23. The minimum absolute atomic E-state index is 0.0876. The summed E-state index contributed by atoms with van der Waals surface area (Å²) in [6, 6.07) is 15.6. The second-order valence-electron chi connectivity index (χ2n) is 11.3. The highest BCUT2D eigenvalue weighted by atomic mass is 35.5. The molecule has 5 rings (SSSR count). The first-order chi connectivity index (χ1) is 21.3. The first kappa shape index (κ1) is 32.6. The average molecular weight is 691 g/mol. The molecule has 1 aliphatic heterocycles. The highest BCUT2D eigenvalue weighted by Crippen LogP contribution is 2.35. The lowest BCUT2D eigenvalue weighted by atomic mass is 10.0. The first-order valence-electron chi connectivity index (χ1n) is 13.8. The number of benzene rings is 3. The van der Waals surface area contributed by atoms with Crippen LogP contribution in [0, 0.1) is 5.82 Å². The number of halogens is 5. The van der Waals surface area contributed by atoms with E-state index < -0.39 is 17.6 Å². The number of hydrazine groups is 1. The molecule has 1 aromatic heterocycles. The Morgan fingerprint density at radius 1 is 0.956 bits per heavy atom. The summed E-state index contributed by atoms with van der Waals surface area (Å²) in [5, 5.41) is 6.18. The van der Waals surface area contributed by atoms with E-state index in [1.807, 2.05) is 6.08 Å². The van der Waals surface area contributed by atoms with Gasteiger partial charge in [-0.1, -0.05) is 58.5 Å². The molecule has 0 saturated heterocycles. The number of hydrogen-bond acceptors (Lipinski definition) is 5. The lowest BCUT2D eigenvalue weighted by molar-refractivity contribution is 0.0279. The molecule has 0 bridgehead atoms. The van der Waals surface area contributed by atoms with Crippen LogP contribution in [0.1, 0.15) is 48.1 Å². The van der Waals surface area contributed by atoms with Crippen LogP contribution in [-0.4, -0.2) is 45.4 Å². The summed E-state index contributed by atoms with van der Waals surface area (Å²) in [4.78, 5) is 28.6. The molecular formula is C32H28Cl4FN5O3. The van der Waals surface area contributed by atoms with Gasteiger partial charge in [0.25, 0.3) is 5.91 Å². The topological polar surface area (TPSA) is 88.5 Å². The number of amides is 2. The van der Waals surface area contributed by atoms with Gasteiger partial charge in [-0.2, -0.15) is 5.10 Å². The Morgan fingerprint density at radius 2 is 1.62 bits per heavy atom. The van der Waals surface area contributed by atoms with Crippen LogP contribution in [0.5, 0.6) is 0 Å². The fraction of sp³-hybridized carbons (Fsp3) is 0.219. The van der Waals surface area contributed by atoms with Crippen LogP contribution in [0.3, 0.4) is 0 Å². The van der Waals surface area contributed by atoms with Gasteiger partial charge in [-0.3, -0.25) is 15.6 Å². The van der Waals surface area contributed by atoms with E-state index in [0.717, 1.165) is 0 Å². The first-order valence-corrected chi connectivity index (χ1v) is 15.3. The van der Waals surface area contributed by atoms with Crippen LogP contribution in [0.2, 0.25) is 20.1 Å². The Bertz CT molecular complexity index is 1800. The number of hydrogen-bond donors (Lipinski definition) is 2. The van der Waals surface area contributed by atoms with Crippen molar-refractivity contribution in [1.29, 1.82) is 0 Å². The molecule has 0 atom stereocenters. The van der Waals surface area contributed by atoms with Crippen LogP contribution in [-0.2, 0) is 11.2 Å². The quantitative estimate of drug-likeness (QED) is 0.205. The van der Waals surface area contributed by atoms with Gasteiger partial charge >= 0.3 is 6.09 Å². The molecule has 2 N–H and O–H groups in total. The summed E-state index contributed by atoms with van der Waals surface area (Å²) in [5.41, 5.74) is 8.11. The molecule has 4 aromatic rings. The van der Waals surface area contributed by atoms with Crippen molar-refractivity contribution in [2.24, 2.45) is 0 Å². The molecule has 8 nitrogen and oxygen atoms in total. The number of rotatable bonds is 5. The van der Waals surface area contributed by atoms with Crippen LogP contribution in [0.4, 0.5) is 14.9 Å². The van der Waals surface area contributed by atoms with Crippen LogP contribution >= 0.6 is 46.4 Å². The molecule has 0 aliphatic carbocycles. The van der Waals surface area contributed by atoms with E-state index in [1.54, 1.807) is 78.9 Å². The molecule has 13 heteroatoms. The van der Waals surface area contributed by atoms with E-state index in [1.165, 1.54) is 12.1 Å². The Kier molecular flexibility index (Phi) is 9.65. The number of carbonyl (C=O) groups excluding carboxylic acids is 2. The van der Waals surface area contributed by atoms with Gasteiger partial charge in [0.15, 0.2) is 5.69 Å². The molecule has 2 heterocycles. The number of ether oxygens (including phenoxy) is 1. The van der Waals surface area contributed by atoms with Crippen molar-refractivity contribution in [3.05, 3.63) is 109 Å². The molecule has 45 heavy (non-hydrogen) atoms. The lowest BCUT2D eigenvalue weighted by Crippen LogP contribution is -2.38. The maximum absolute atomic E-state index is 13.8. The Labute approximate surface area is 279 Å². The van der Waals surface area contributed by atoms with E-state index in [4.69, 9.17) is 56.2 Å². The van der Waals surface area contributed by atoms with Crippen molar-refractivity contribution in [3.63, 3.8) is 0 Å². The second-order valence-corrected chi connectivity index (χ2v) is 12.9. The zero-order chi connectivity index (χ0) is 32.5. The van der Waals surface area contributed by atoms with Gasteiger partial charge in [0, 0.05) is 22.2 Å². The summed E-state index contributed by atoms with van der Waals surface area (Å²) >= 11 is 25.2.